The number of likely N-dealkylation sites (tertiary alicyclic amines) is 1. The van der Waals surface area contributed by atoms with Crippen molar-refractivity contribution in [3.63, 3.8) is 0 Å². The van der Waals surface area contributed by atoms with Crippen LogP contribution < -0.4 is 15.5 Å². The molecular formula is C35H42FN7O6. The Hall–Kier alpha value is -4.79. The predicted octanol–water partition coefficient (Wildman–Crippen LogP) is 5.35. The highest BCUT2D eigenvalue weighted by Crippen LogP contribution is 2.32. The Morgan fingerprint density at radius 3 is 2.53 bits per heavy atom. The van der Waals surface area contributed by atoms with Crippen LogP contribution in [-0.2, 0) is 23.2 Å². The lowest BCUT2D eigenvalue weighted by molar-refractivity contribution is -0.186. The van der Waals surface area contributed by atoms with Crippen LogP contribution in [0.2, 0.25) is 0 Å². The molecule has 6 rings (SSSR count). The number of anilines is 1. The number of Topliss-reactive ketones (excluding diaryl/α,β-unsaturated/α-hetero) is 1. The molecule has 2 N–H and O–H groups in total. The minimum atomic E-state index is -0.624. The molecule has 2 fully saturated rings. The van der Waals surface area contributed by atoms with Crippen LogP contribution in [0.25, 0.3) is 16.6 Å². The zero-order chi connectivity index (χ0) is 34.9. The van der Waals surface area contributed by atoms with Crippen molar-refractivity contribution in [1.82, 2.24) is 29.7 Å². The number of fused-ring (bicyclic) bond motifs is 1. The zero-order valence-corrected chi connectivity index (χ0v) is 28.4. The summed E-state index contributed by atoms with van der Waals surface area (Å²) >= 11 is 0. The van der Waals surface area contributed by atoms with Crippen molar-refractivity contribution < 1.29 is 33.1 Å². The second kappa shape index (κ2) is 14.0. The van der Waals surface area contributed by atoms with E-state index in [0.717, 1.165) is 19.5 Å². The summed E-state index contributed by atoms with van der Waals surface area (Å²) in [5, 5.41) is 8.57. The number of ketones is 1. The Balaban J connectivity index is 1.24. The first-order valence-electron chi connectivity index (χ1n) is 16.4. The highest BCUT2D eigenvalue weighted by atomic mass is 19.1. The van der Waals surface area contributed by atoms with E-state index in [0.29, 0.717) is 54.0 Å². The number of rotatable bonds is 9. The van der Waals surface area contributed by atoms with Crippen molar-refractivity contribution in [3.8, 4) is 16.9 Å². The molecule has 0 spiro atoms. The van der Waals surface area contributed by atoms with Gasteiger partial charge in [-0.15, -0.1) is 5.17 Å². The number of aromatic nitrogens is 3. The smallest absolute Gasteiger partial charge is 0.410 e. The monoisotopic (exact) mass is 675 g/mol. The Morgan fingerprint density at radius 2 is 1.88 bits per heavy atom. The van der Waals surface area contributed by atoms with Gasteiger partial charge in [0.15, 0.2) is 11.6 Å². The minimum absolute atomic E-state index is 0.0350. The highest BCUT2D eigenvalue weighted by Gasteiger charge is 2.28. The lowest BCUT2D eigenvalue weighted by atomic mass is 10.0. The molecule has 5 heterocycles. The number of aryl methyl sites for hydroxylation is 1. The number of piperidine rings is 1. The summed E-state index contributed by atoms with van der Waals surface area (Å²) < 4.78 is 31.0. The number of hydrogen-bond acceptors (Lipinski definition) is 9. The van der Waals surface area contributed by atoms with Crippen molar-refractivity contribution in [2.24, 2.45) is 7.05 Å². The molecule has 0 radical (unpaired) electrons. The maximum absolute atomic E-state index is 16.1. The molecule has 14 heteroatoms. The number of benzene rings is 1. The van der Waals surface area contributed by atoms with Gasteiger partial charge in [0.1, 0.15) is 17.5 Å². The summed E-state index contributed by atoms with van der Waals surface area (Å²) in [5.74, 6) is -0.952. The largest absolute Gasteiger partial charge is 0.490 e. The average Bonchev–Trinajstić information content (AvgIpc) is 3.81. The van der Waals surface area contributed by atoms with Gasteiger partial charge in [-0.2, -0.15) is 5.10 Å². The molecule has 0 saturated carbocycles. The normalized spacial score (nSPS) is 15.9. The van der Waals surface area contributed by atoms with Gasteiger partial charge in [0, 0.05) is 82.6 Å². The van der Waals surface area contributed by atoms with E-state index in [2.05, 4.69) is 15.8 Å². The quantitative estimate of drug-likeness (QED) is 0.225. The Bertz CT molecular complexity index is 1870. The van der Waals surface area contributed by atoms with Crippen LogP contribution in [0.1, 0.15) is 73.4 Å². The summed E-state index contributed by atoms with van der Waals surface area (Å²) in [6, 6.07) is 8.17. The number of hydrogen-bond donors (Lipinski definition) is 2. The molecule has 2 aliphatic heterocycles. The molecule has 2 saturated heterocycles. The first-order chi connectivity index (χ1) is 23.3. The van der Waals surface area contributed by atoms with Crippen molar-refractivity contribution in [1.29, 1.82) is 0 Å². The predicted molar refractivity (Wildman–Crippen MR) is 180 cm³/mol. The highest BCUT2D eigenvalue weighted by molar-refractivity contribution is 6.11. The second-order valence-corrected chi connectivity index (χ2v) is 13.4. The van der Waals surface area contributed by atoms with Gasteiger partial charge >= 0.3 is 6.09 Å². The first kappa shape index (κ1) is 34.1. The lowest BCUT2D eigenvalue weighted by Gasteiger charge is -2.33. The summed E-state index contributed by atoms with van der Waals surface area (Å²) in [7, 11) is 1.74. The third kappa shape index (κ3) is 7.93. The van der Waals surface area contributed by atoms with E-state index >= 15 is 4.39 Å². The Labute approximate surface area is 283 Å². The van der Waals surface area contributed by atoms with Crippen molar-refractivity contribution in [3.05, 3.63) is 71.6 Å². The summed E-state index contributed by atoms with van der Waals surface area (Å²) in [4.78, 5) is 46.5. The van der Waals surface area contributed by atoms with E-state index in [1.54, 1.807) is 69.1 Å². The number of nitrogens with zero attached hydrogens (tertiary/aromatic N) is 5. The lowest BCUT2D eigenvalue weighted by Crippen LogP contribution is -2.44. The fourth-order valence-corrected chi connectivity index (χ4v) is 5.97. The standard InChI is InChI=1S/C35H42FN7O6/c1-22(44)30-18-28(31-17-26(9-14-42(30)31)48-25-7-12-41(13-8-25)34(46)49-35(2,3)4)33(45)39-29-16-23(21-47-43-11-6-10-37-43)15-27(32(29)36)24-19-38-40(5)20-24/h9,14-20,25,37H,6-8,10-13,21H2,1-5H3,(H,39,45). The van der Waals surface area contributed by atoms with Gasteiger partial charge in [0.2, 0.25) is 0 Å². The molecule has 0 unspecified atom stereocenters. The molecule has 0 atom stereocenters. The van der Waals surface area contributed by atoms with Gasteiger partial charge in [0.05, 0.1) is 35.3 Å². The average molecular weight is 676 g/mol. The van der Waals surface area contributed by atoms with Crippen LogP contribution in [0.4, 0.5) is 14.9 Å². The molecule has 260 valence electrons. The number of ether oxygens (including phenoxy) is 2. The molecule has 1 aromatic carbocycles. The van der Waals surface area contributed by atoms with E-state index in [9.17, 15) is 14.4 Å². The topological polar surface area (TPSA) is 132 Å². The van der Waals surface area contributed by atoms with Gasteiger partial charge in [-0.3, -0.25) is 19.1 Å². The van der Waals surface area contributed by atoms with Crippen LogP contribution in [0, 0.1) is 5.82 Å². The number of carbonyl (C=O) groups is 3. The van der Waals surface area contributed by atoms with Gasteiger partial charge in [-0.1, -0.05) is 0 Å². The van der Waals surface area contributed by atoms with Crippen LogP contribution in [0.3, 0.4) is 0 Å². The number of halogens is 1. The molecule has 13 nitrogen and oxygen atoms in total. The molecule has 4 aromatic rings. The van der Waals surface area contributed by atoms with E-state index in [-0.39, 0.29) is 41.4 Å². The van der Waals surface area contributed by atoms with Gasteiger partial charge < -0.3 is 24.1 Å². The summed E-state index contributed by atoms with van der Waals surface area (Å²) in [6.07, 6.45) is 6.56. The maximum Gasteiger partial charge on any atom is 0.410 e. The van der Waals surface area contributed by atoms with Crippen molar-refractivity contribution in [2.75, 3.05) is 31.5 Å². The van der Waals surface area contributed by atoms with Gasteiger partial charge in [-0.25, -0.2) is 14.6 Å². The molecular weight excluding hydrogens is 633 g/mol. The zero-order valence-electron chi connectivity index (χ0n) is 28.4. The van der Waals surface area contributed by atoms with Crippen molar-refractivity contribution in [2.45, 2.75) is 65.3 Å². The third-order valence-electron chi connectivity index (χ3n) is 8.35. The van der Waals surface area contributed by atoms with Crippen LogP contribution >= 0.6 is 0 Å². The maximum atomic E-state index is 16.1. The molecule has 2 amide bonds. The van der Waals surface area contributed by atoms with E-state index in [4.69, 9.17) is 14.3 Å². The van der Waals surface area contributed by atoms with Crippen LogP contribution in [0.15, 0.2) is 48.9 Å². The number of pyridine rings is 1. The van der Waals surface area contributed by atoms with Crippen molar-refractivity contribution >= 4 is 29.0 Å². The second-order valence-electron chi connectivity index (χ2n) is 13.4. The van der Waals surface area contributed by atoms with E-state index < -0.39 is 17.3 Å². The number of amides is 2. The third-order valence-corrected chi connectivity index (χ3v) is 8.35. The summed E-state index contributed by atoms with van der Waals surface area (Å²) in [5.41, 5.74) is 4.87. The fourth-order valence-electron chi connectivity index (χ4n) is 5.97. The Morgan fingerprint density at radius 1 is 1.10 bits per heavy atom. The van der Waals surface area contributed by atoms with Gasteiger partial charge in [0.25, 0.3) is 5.91 Å². The Kier molecular flexibility index (Phi) is 9.72. The molecule has 3 aromatic heterocycles. The fraction of sp³-hybridized carbons (Fsp3) is 0.429. The number of carbonyl (C=O) groups excluding carboxylic acids is 3. The molecule has 2 aliphatic rings. The van der Waals surface area contributed by atoms with E-state index in [1.165, 1.54) is 13.0 Å². The number of nitrogens with one attached hydrogen (secondary N) is 2. The first-order valence-corrected chi connectivity index (χ1v) is 16.4. The SMILES string of the molecule is CC(=O)c1cc(C(=O)Nc2cc(CON3CCCN3)cc(-c3cnn(C)c3)c2F)c2cc(OC3CCN(C(=O)OC(C)(C)C)CC3)ccn12. The minimum Gasteiger partial charge on any atom is -0.490 e. The molecule has 49 heavy (non-hydrogen) atoms. The molecule has 0 aliphatic carbocycles. The van der Waals surface area contributed by atoms with Crippen LogP contribution in [-0.4, -0.2) is 79.9 Å². The van der Waals surface area contributed by atoms with Gasteiger partial charge in [-0.05, 0) is 57.0 Å². The van der Waals surface area contributed by atoms with E-state index in [1.807, 2.05) is 20.8 Å². The van der Waals surface area contributed by atoms with Crippen LogP contribution in [0.5, 0.6) is 5.75 Å². The summed E-state index contributed by atoms with van der Waals surface area (Å²) in [6.45, 7) is 9.57. The molecule has 0 bridgehead atoms. The number of hydrazine groups is 1. The number of hydroxylamine groups is 1.